The number of ether oxygens (including phenoxy) is 2. The fourth-order valence-corrected chi connectivity index (χ4v) is 1.45. The number of carbonyl (C=O) groups excluding carboxylic acids is 1. The van der Waals surface area contributed by atoms with Crippen LogP contribution >= 0.6 is 15.9 Å². The van der Waals surface area contributed by atoms with E-state index in [4.69, 9.17) is 9.47 Å². The first-order valence-electron chi connectivity index (χ1n) is 5.11. The monoisotopic (exact) mass is 286 g/mol. The average molecular weight is 287 g/mol. The van der Waals surface area contributed by atoms with Crippen LogP contribution in [0.3, 0.4) is 0 Å². The quantitative estimate of drug-likeness (QED) is 0.596. The van der Waals surface area contributed by atoms with Crippen molar-refractivity contribution >= 4 is 21.9 Å². The number of hydrogen-bond donors (Lipinski definition) is 0. The van der Waals surface area contributed by atoms with Gasteiger partial charge in [-0.3, -0.25) is 4.79 Å². The molecule has 0 bridgehead atoms. The summed E-state index contributed by atoms with van der Waals surface area (Å²) >= 11 is 3.27. The van der Waals surface area contributed by atoms with Crippen LogP contribution in [0.1, 0.15) is 18.4 Å². The summed E-state index contributed by atoms with van der Waals surface area (Å²) < 4.78 is 10.1. The molecule has 0 atom stereocenters. The van der Waals surface area contributed by atoms with E-state index in [1.165, 1.54) is 0 Å². The van der Waals surface area contributed by atoms with Gasteiger partial charge in [0.1, 0.15) is 12.4 Å². The summed E-state index contributed by atoms with van der Waals surface area (Å²) in [6.45, 7) is 0.325. The van der Waals surface area contributed by atoms with Crippen molar-refractivity contribution in [1.29, 1.82) is 0 Å². The first kappa shape index (κ1) is 13.0. The largest absolute Gasteiger partial charge is 0.497 e. The third-order valence-corrected chi connectivity index (χ3v) is 2.63. The smallest absolute Gasteiger partial charge is 0.306 e. The van der Waals surface area contributed by atoms with Crippen LogP contribution in [0, 0.1) is 0 Å². The van der Waals surface area contributed by atoms with Crippen molar-refractivity contribution in [2.45, 2.75) is 19.4 Å². The standard InChI is InChI=1S/C12H15BrO3/c1-15-11-6-4-10(5-7-11)9-16-12(14)3-2-8-13/h4-7H,2-3,8-9H2,1H3. The van der Waals surface area contributed by atoms with Gasteiger partial charge in [-0.2, -0.15) is 0 Å². The highest BCUT2D eigenvalue weighted by Gasteiger charge is 2.02. The highest BCUT2D eigenvalue weighted by molar-refractivity contribution is 9.09. The Hall–Kier alpha value is -1.03. The molecule has 0 saturated carbocycles. The molecule has 0 aliphatic carbocycles. The molecule has 16 heavy (non-hydrogen) atoms. The molecule has 0 amide bonds. The van der Waals surface area contributed by atoms with Crippen molar-refractivity contribution in [3.63, 3.8) is 0 Å². The van der Waals surface area contributed by atoms with E-state index in [1.54, 1.807) is 7.11 Å². The topological polar surface area (TPSA) is 35.5 Å². The number of halogens is 1. The third-order valence-electron chi connectivity index (χ3n) is 2.07. The maximum atomic E-state index is 11.2. The summed E-state index contributed by atoms with van der Waals surface area (Å²) in [5, 5.41) is 0.824. The van der Waals surface area contributed by atoms with E-state index < -0.39 is 0 Å². The summed E-state index contributed by atoms with van der Waals surface area (Å²) in [6, 6.07) is 7.47. The molecule has 3 nitrogen and oxygen atoms in total. The van der Waals surface area contributed by atoms with Gasteiger partial charge < -0.3 is 9.47 Å². The second kappa shape index (κ2) is 7.28. The number of rotatable bonds is 6. The van der Waals surface area contributed by atoms with Crippen molar-refractivity contribution in [1.82, 2.24) is 0 Å². The SMILES string of the molecule is COc1ccc(COC(=O)CCCBr)cc1. The van der Waals surface area contributed by atoms with Gasteiger partial charge >= 0.3 is 5.97 Å². The van der Waals surface area contributed by atoms with Crippen molar-refractivity contribution in [3.05, 3.63) is 29.8 Å². The van der Waals surface area contributed by atoms with Gasteiger partial charge in [0.2, 0.25) is 0 Å². The van der Waals surface area contributed by atoms with Gasteiger partial charge in [0.25, 0.3) is 0 Å². The summed E-state index contributed by atoms with van der Waals surface area (Å²) in [5.41, 5.74) is 0.966. The van der Waals surface area contributed by atoms with Crippen molar-refractivity contribution in [3.8, 4) is 5.75 Å². The Morgan fingerprint density at radius 2 is 2.00 bits per heavy atom. The Bertz CT molecular complexity index is 322. The molecule has 0 radical (unpaired) electrons. The lowest BCUT2D eigenvalue weighted by molar-refractivity contribution is -0.144. The zero-order chi connectivity index (χ0) is 11.8. The number of methoxy groups -OCH3 is 1. The van der Waals surface area contributed by atoms with Gasteiger partial charge in [0, 0.05) is 11.8 Å². The third kappa shape index (κ3) is 4.66. The molecular formula is C12H15BrO3. The molecule has 0 aliphatic rings. The van der Waals surface area contributed by atoms with Gasteiger partial charge in [-0.25, -0.2) is 0 Å². The van der Waals surface area contributed by atoms with Gasteiger partial charge in [-0.1, -0.05) is 28.1 Å². The molecule has 0 heterocycles. The van der Waals surface area contributed by atoms with Crippen LogP contribution in [-0.2, 0) is 16.1 Å². The molecule has 1 aromatic carbocycles. The number of benzene rings is 1. The molecule has 0 aliphatic heterocycles. The van der Waals surface area contributed by atoms with E-state index in [1.807, 2.05) is 24.3 Å². The highest BCUT2D eigenvalue weighted by atomic mass is 79.9. The van der Waals surface area contributed by atoms with Crippen molar-refractivity contribution < 1.29 is 14.3 Å². The summed E-state index contributed by atoms with van der Waals surface area (Å²) in [5.74, 6) is 0.643. The lowest BCUT2D eigenvalue weighted by Gasteiger charge is -2.05. The zero-order valence-corrected chi connectivity index (χ0v) is 10.8. The van der Waals surface area contributed by atoms with E-state index >= 15 is 0 Å². The molecule has 0 fully saturated rings. The van der Waals surface area contributed by atoms with Crippen LogP contribution in [0.5, 0.6) is 5.75 Å². The molecule has 1 rings (SSSR count). The maximum absolute atomic E-state index is 11.2. The van der Waals surface area contributed by atoms with E-state index in [-0.39, 0.29) is 5.97 Å². The van der Waals surface area contributed by atoms with E-state index in [9.17, 15) is 4.79 Å². The lowest BCUT2D eigenvalue weighted by Crippen LogP contribution is -2.04. The van der Waals surface area contributed by atoms with Gasteiger partial charge in [-0.05, 0) is 24.1 Å². The van der Waals surface area contributed by atoms with Gasteiger partial charge in [-0.15, -0.1) is 0 Å². The molecule has 0 unspecified atom stereocenters. The van der Waals surface area contributed by atoms with E-state index in [0.717, 1.165) is 23.1 Å². The normalized spacial score (nSPS) is 9.88. The molecule has 0 spiro atoms. The Balaban J connectivity index is 2.33. The minimum atomic E-state index is -0.157. The van der Waals surface area contributed by atoms with Crippen molar-refractivity contribution in [2.24, 2.45) is 0 Å². The van der Waals surface area contributed by atoms with Crippen LogP contribution < -0.4 is 4.74 Å². The fourth-order valence-electron chi connectivity index (χ4n) is 1.17. The highest BCUT2D eigenvalue weighted by Crippen LogP contribution is 2.12. The fraction of sp³-hybridized carbons (Fsp3) is 0.417. The number of esters is 1. The molecule has 0 N–H and O–H groups in total. The second-order valence-corrected chi connectivity index (χ2v) is 4.09. The van der Waals surface area contributed by atoms with Crippen LogP contribution in [0.2, 0.25) is 0 Å². The van der Waals surface area contributed by atoms with E-state index in [0.29, 0.717) is 13.0 Å². The Kier molecular flexibility index (Phi) is 5.93. The Morgan fingerprint density at radius 1 is 1.31 bits per heavy atom. The summed E-state index contributed by atoms with van der Waals surface area (Å²) in [6.07, 6.45) is 1.27. The van der Waals surface area contributed by atoms with Gasteiger partial charge in [0.15, 0.2) is 0 Å². The summed E-state index contributed by atoms with van der Waals surface area (Å²) in [7, 11) is 1.62. The van der Waals surface area contributed by atoms with Crippen LogP contribution in [-0.4, -0.2) is 18.4 Å². The molecular weight excluding hydrogens is 272 g/mol. The molecule has 1 aromatic rings. The van der Waals surface area contributed by atoms with Crippen LogP contribution in [0.4, 0.5) is 0 Å². The molecule has 4 heteroatoms. The minimum absolute atomic E-state index is 0.157. The Morgan fingerprint density at radius 3 is 2.56 bits per heavy atom. The first-order valence-corrected chi connectivity index (χ1v) is 6.23. The molecule has 0 aromatic heterocycles. The predicted octanol–water partition coefficient (Wildman–Crippen LogP) is 2.91. The molecule has 88 valence electrons. The average Bonchev–Trinajstić information content (AvgIpc) is 2.34. The first-order chi connectivity index (χ1) is 7.76. The lowest BCUT2D eigenvalue weighted by atomic mass is 10.2. The number of hydrogen-bond acceptors (Lipinski definition) is 3. The number of carbonyl (C=O) groups is 1. The van der Waals surface area contributed by atoms with Crippen LogP contribution in [0.25, 0.3) is 0 Å². The number of alkyl halides is 1. The minimum Gasteiger partial charge on any atom is -0.497 e. The molecule has 0 saturated heterocycles. The van der Waals surface area contributed by atoms with E-state index in [2.05, 4.69) is 15.9 Å². The summed E-state index contributed by atoms with van der Waals surface area (Å²) in [4.78, 5) is 11.2. The van der Waals surface area contributed by atoms with Crippen LogP contribution in [0.15, 0.2) is 24.3 Å². The Labute approximate surface area is 104 Å². The predicted molar refractivity (Wildman–Crippen MR) is 65.8 cm³/mol. The van der Waals surface area contributed by atoms with Crippen molar-refractivity contribution in [2.75, 3.05) is 12.4 Å². The van der Waals surface area contributed by atoms with Gasteiger partial charge in [0.05, 0.1) is 7.11 Å². The second-order valence-electron chi connectivity index (χ2n) is 3.30. The zero-order valence-electron chi connectivity index (χ0n) is 9.24. The maximum Gasteiger partial charge on any atom is 0.306 e.